The van der Waals surface area contributed by atoms with Crippen LogP contribution in [0.5, 0.6) is 5.75 Å². The van der Waals surface area contributed by atoms with Crippen LogP contribution in [0.4, 0.5) is 0 Å². The molecule has 1 unspecified atom stereocenters. The molecule has 5 heteroatoms. The van der Waals surface area contributed by atoms with Gasteiger partial charge in [-0.2, -0.15) is 0 Å². The van der Waals surface area contributed by atoms with Crippen LogP contribution < -0.4 is 4.74 Å². The van der Waals surface area contributed by atoms with Crippen molar-refractivity contribution in [3.8, 4) is 5.75 Å². The zero-order chi connectivity index (χ0) is 17.8. The molecule has 0 saturated heterocycles. The molecule has 5 nitrogen and oxygen atoms in total. The first-order valence-electron chi connectivity index (χ1n) is 8.23. The Morgan fingerprint density at radius 1 is 1.08 bits per heavy atom. The van der Waals surface area contributed by atoms with Gasteiger partial charge in [0.2, 0.25) is 0 Å². The van der Waals surface area contributed by atoms with E-state index in [4.69, 9.17) is 9.47 Å². The van der Waals surface area contributed by atoms with Crippen molar-refractivity contribution in [1.82, 2.24) is 4.90 Å². The number of hydrogen-bond donors (Lipinski definition) is 0. The van der Waals surface area contributed by atoms with Crippen molar-refractivity contribution in [3.05, 3.63) is 65.2 Å². The summed E-state index contributed by atoms with van der Waals surface area (Å²) in [6, 6.07) is 15.1. The Kier molecular flexibility index (Phi) is 5.03. The minimum Gasteiger partial charge on any atom is -0.497 e. The van der Waals surface area contributed by atoms with E-state index in [1.165, 1.54) is 7.11 Å². The van der Waals surface area contributed by atoms with E-state index in [0.29, 0.717) is 18.5 Å². The van der Waals surface area contributed by atoms with Gasteiger partial charge in [-0.25, -0.2) is 0 Å². The fourth-order valence-corrected chi connectivity index (χ4v) is 3.22. The summed E-state index contributed by atoms with van der Waals surface area (Å²) in [5, 5.41) is 0. The monoisotopic (exact) mass is 339 g/mol. The Morgan fingerprint density at radius 2 is 1.80 bits per heavy atom. The van der Waals surface area contributed by atoms with Gasteiger partial charge in [-0.15, -0.1) is 0 Å². The highest BCUT2D eigenvalue weighted by molar-refractivity contribution is 5.99. The number of benzene rings is 2. The molecule has 130 valence electrons. The predicted octanol–water partition coefficient (Wildman–Crippen LogP) is 3.35. The van der Waals surface area contributed by atoms with Gasteiger partial charge in [-0.3, -0.25) is 9.59 Å². The van der Waals surface area contributed by atoms with Crippen LogP contribution in [-0.2, 0) is 16.1 Å². The maximum atomic E-state index is 12.8. The second-order valence-corrected chi connectivity index (χ2v) is 6.00. The SMILES string of the molecule is COC(=O)CCC1c2ccccc2C(=O)N1Cc1ccc(OC)cc1. The minimum atomic E-state index is -0.263. The number of carbonyl (C=O) groups is 2. The van der Waals surface area contributed by atoms with E-state index in [2.05, 4.69) is 0 Å². The molecule has 1 amide bonds. The fourth-order valence-electron chi connectivity index (χ4n) is 3.22. The Hall–Kier alpha value is -2.82. The first kappa shape index (κ1) is 17.0. The summed E-state index contributed by atoms with van der Waals surface area (Å²) in [5.74, 6) is 0.518. The van der Waals surface area contributed by atoms with E-state index >= 15 is 0 Å². The highest BCUT2D eigenvalue weighted by atomic mass is 16.5. The molecule has 2 aromatic carbocycles. The molecule has 0 spiro atoms. The van der Waals surface area contributed by atoms with Crippen LogP contribution in [0.1, 0.15) is 40.4 Å². The summed E-state index contributed by atoms with van der Waals surface area (Å²) in [6.07, 6.45) is 0.827. The molecule has 0 saturated carbocycles. The number of esters is 1. The average molecular weight is 339 g/mol. The summed E-state index contributed by atoms with van der Waals surface area (Å²) in [6.45, 7) is 0.489. The topological polar surface area (TPSA) is 55.8 Å². The largest absolute Gasteiger partial charge is 0.497 e. The van der Waals surface area contributed by atoms with Crippen LogP contribution in [0.15, 0.2) is 48.5 Å². The van der Waals surface area contributed by atoms with Crippen molar-refractivity contribution in [1.29, 1.82) is 0 Å². The molecule has 0 radical (unpaired) electrons. The lowest BCUT2D eigenvalue weighted by atomic mass is 10.0. The normalized spacial score (nSPS) is 15.8. The molecule has 2 aromatic rings. The van der Waals surface area contributed by atoms with Crippen molar-refractivity contribution in [2.24, 2.45) is 0 Å². The molecule has 0 bridgehead atoms. The standard InChI is InChI=1S/C20H21NO4/c1-24-15-9-7-14(8-10-15)13-21-18(11-12-19(22)25-2)16-5-3-4-6-17(16)20(21)23/h3-10,18H,11-13H2,1-2H3. The van der Waals surface area contributed by atoms with Gasteiger partial charge < -0.3 is 14.4 Å². The predicted molar refractivity (Wildman–Crippen MR) is 93.3 cm³/mol. The van der Waals surface area contributed by atoms with Gasteiger partial charge in [0.15, 0.2) is 0 Å². The van der Waals surface area contributed by atoms with Crippen LogP contribution in [0.2, 0.25) is 0 Å². The third-order valence-electron chi connectivity index (χ3n) is 4.55. The van der Waals surface area contributed by atoms with Gasteiger partial charge in [-0.1, -0.05) is 30.3 Å². The van der Waals surface area contributed by atoms with Crippen LogP contribution in [0, 0.1) is 0 Å². The summed E-state index contributed by atoms with van der Waals surface area (Å²) < 4.78 is 9.93. The van der Waals surface area contributed by atoms with Gasteiger partial charge in [0, 0.05) is 18.5 Å². The third kappa shape index (κ3) is 3.50. The summed E-state index contributed by atoms with van der Waals surface area (Å²) in [4.78, 5) is 26.2. The lowest BCUT2D eigenvalue weighted by molar-refractivity contribution is -0.141. The van der Waals surface area contributed by atoms with Gasteiger partial charge >= 0.3 is 5.97 Å². The zero-order valence-corrected chi connectivity index (χ0v) is 14.4. The molecule has 3 rings (SSSR count). The lowest BCUT2D eigenvalue weighted by Crippen LogP contribution is -2.28. The van der Waals surface area contributed by atoms with Gasteiger partial charge in [0.1, 0.15) is 5.75 Å². The van der Waals surface area contributed by atoms with Gasteiger partial charge in [-0.05, 0) is 35.7 Å². The first-order valence-corrected chi connectivity index (χ1v) is 8.23. The maximum Gasteiger partial charge on any atom is 0.305 e. The fraction of sp³-hybridized carbons (Fsp3) is 0.300. The average Bonchev–Trinajstić information content (AvgIpc) is 2.92. The first-order chi connectivity index (χ1) is 12.1. The van der Waals surface area contributed by atoms with E-state index in [0.717, 1.165) is 16.9 Å². The molecular formula is C20H21NO4. The van der Waals surface area contributed by atoms with E-state index in [1.807, 2.05) is 53.4 Å². The second kappa shape index (κ2) is 7.38. The molecule has 1 heterocycles. The van der Waals surface area contributed by atoms with Crippen LogP contribution >= 0.6 is 0 Å². The number of fused-ring (bicyclic) bond motifs is 1. The van der Waals surface area contributed by atoms with E-state index < -0.39 is 0 Å². The van der Waals surface area contributed by atoms with Gasteiger partial charge in [0.25, 0.3) is 5.91 Å². The Bertz CT molecular complexity index is 770. The second-order valence-electron chi connectivity index (χ2n) is 6.00. The molecule has 1 atom stereocenters. The van der Waals surface area contributed by atoms with E-state index in [-0.39, 0.29) is 24.3 Å². The molecule has 0 fully saturated rings. The molecular weight excluding hydrogens is 318 g/mol. The number of rotatable bonds is 6. The highest BCUT2D eigenvalue weighted by Crippen LogP contribution is 2.37. The lowest BCUT2D eigenvalue weighted by Gasteiger charge is -2.25. The quantitative estimate of drug-likeness (QED) is 0.758. The molecule has 1 aliphatic heterocycles. The Labute approximate surface area is 147 Å². The van der Waals surface area contributed by atoms with Crippen molar-refractivity contribution in [2.45, 2.75) is 25.4 Å². The Morgan fingerprint density at radius 3 is 2.48 bits per heavy atom. The van der Waals surface area contributed by atoms with Crippen molar-refractivity contribution in [2.75, 3.05) is 14.2 Å². The molecule has 25 heavy (non-hydrogen) atoms. The number of ether oxygens (including phenoxy) is 2. The molecule has 0 N–H and O–H groups in total. The number of amides is 1. The van der Waals surface area contributed by atoms with Crippen LogP contribution in [-0.4, -0.2) is 31.0 Å². The van der Waals surface area contributed by atoms with E-state index in [1.54, 1.807) is 7.11 Å². The highest BCUT2D eigenvalue weighted by Gasteiger charge is 2.36. The van der Waals surface area contributed by atoms with Gasteiger partial charge in [0.05, 0.1) is 20.3 Å². The van der Waals surface area contributed by atoms with E-state index in [9.17, 15) is 9.59 Å². The van der Waals surface area contributed by atoms with Crippen molar-refractivity contribution >= 4 is 11.9 Å². The maximum absolute atomic E-state index is 12.8. The summed E-state index contributed by atoms with van der Waals surface area (Å²) in [7, 11) is 3.00. The smallest absolute Gasteiger partial charge is 0.305 e. The summed E-state index contributed by atoms with van der Waals surface area (Å²) >= 11 is 0. The van der Waals surface area contributed by atoms with Crippen LogP contribution in [0.25, 0.3) is 0 Å². The molecule has 0 aromatic heterocycles. The number of methoxy groups -OCH3 is 2. The Balaban J connectivity index is 1.84. The van der Waals surface area contributed by atoms with Crippen LogP contribution in [0.3, 0.4) is 0 Å². The minimum absolute atomic E-state index is 0.00119. The van der Waals surface area contributed by atoms with Crippen molar-refractivity contribution < 1.29 is 19.1 Å². The third-order valence-corrected chi connectivity index (χ3v) is 4.55. The zero-order valence-electron chi connectivity index (χ0n) is 14.4. The summed E-state index contributed by atoms with van der Waals surface area (Å²) in [5.41, 5.74) is 2.71. The number of carbonyl (C=O) groups excluding carboxylic acids is 2. The molecule has 1 aliphatic rings. The van der Waals surface area contributed by atoms with Crippen molar-refractivity contribution in [3.63, 3.8) is 0 Å². The number of hydrogen-bond acceptors (Lipinski definition) is 4. The number of nitrogens with zero attached hydrogens (tertiary/aromatic N) is 1. The molecule has 0 aliphatic carbocycles.